The molecule has 4 rings (SSSR count). The number of thioether (sulfide) groups is 1. The van der Waals surface area contributed by atoms with Crippen LogP contribution in [0.25, 0.3) is 11.2 Å². The van der Waals surface area contributed by atoms with E-state index in [9.17, 15) is 9.59 Å². The second kappa shape index (κ2) is 8.86. The molecule has 9 nitrogen and oxygen atoms in total. The number of rotatable bonds is 5. The molecule has 0 spiro atoms. The molecular weight excluding hydrogens is 414 g/mol. The van der Waals surface area contributed by atoms with Crippen molar-refractivity contribution < 1.29 is 0 Å². The standard InChI is InChI=1S/C21H29N7O2S/c1-14-13-15(2)23-19(22-14)31-12-11-28-16-17(25(3)21(30)26(4)18(16)29)24-20(28)27-9-7-5-6-8-10-27/h13H,5-12H2,1-4H3. The summed E-state index contributed by atoms with van der Waals surface area (Å²) < 4.78 is 4.61. The minimum atomic E-state index is -0.359. The molecule has 0 saturated carbocycles. The Kier molecular flexibility index (Phi) is 6.17. The van der Waals surface area contributed by atoms with Crippen LogP contribution in [0.15, 0.2) is 20.8 Å². The Hall–Kier alpha value is -2.62. The Labute approximate surface area is 185 Å². The number of fused-ring (bicyclic) bond motifs is 1. The van der Waals surface area contributed by atoms with Crippen LogP contribution in [0.5, 0.6) is 0 Å². The summed E-state index contributed by atoms with van der Waals surface area (Å²) in [4.78, 5) is 41.6. The van der Waals surface area contributed by atoms with Crippen molar-refractivity contribution in [2.45, 2.75) is 51.2 Å². The Balaban J connectivity index is 1.74. The lowest BCUT2D eigenvalue weighted by Crippen LogP contribution is -2.37. The molecule has 1 fully saturated rings. The van der Waals surface area contributed by atoms with Crippen LogP contribution >= 0.6 is 11.8 Å². The van der Waals surface area contributed by atoms with Crippen LogP contribution in [0.2, 0.25) is 0 Å². The highest BCUT2D eigenvalue weighted by Gasteiger charge is 2.23. The molecule has 1 aliphatic heterocycles. The van der Waals surface area contributed by atoms with Crippen LogP contribution in [-0.4, -0.2) is 47.5 Å². The van der Waals surface area contributed by atoms with Gasteiger partial charge in [-0.25, -0.2) is 14.8 Å². The highest BCUT2D eigenvalue weighted by atomic mass is 32.2. The fraction of sp³-hybridized carbons (Fsp3) is 0.571. The van der Waals surface area contributed by atoms with Crippen LogP contribution in [0.1, 0.15) is 37.1 Å². The van der Waals surface area contributed by atoms with Gasteiger partial charge in [0.25, 0.3) is 5.56 Å². The van der Waals surface area contributed by atoms with E-state index in [1.807, 2.05) is 24.5 Å². The highest BCUT2D eigenvalue weighted by Crippen LogP contribution is 2.24. The fourth-order valence-electron chi connectivity index (χ4n) is 4.15. The largest absolute Gasteiger partial charge is 0.342 e. The summed E-state index contributed by atoms with van der Waals surface area (Å²) in [7, 11) is 3.19. The number of anilines is 1. The maximum absolute atomic E-state index is 13.0. The van der Waals surface area contributed by atoms with Gasteiger partial charge in [-0.2, -0.15) is 4.98 Å². The number of imidazole rings is 1. The molecule has 1 saturated heterocycles. The SMILES string of the molecule is Cc1cc(C)nc(SCCn2c(N3CCCCCC3)nc3c2c(=O)n(C)c(=O)n3C)n1. The summed E-state index contributed by atoms with van der Waals surface area (Å²) in [6, 6.07) is 1.95. The number of hydrogen-bond acceptors (Lipinski definition) is 7. The zero-order valence-corrected chi connectivity index (χ0v) is 19.4. The Morgan fingerprint density at radius 2 is 1.58 bits per heavy atom. The number of aromatic nitrogens is 6. The maximum atomic E-state index is 13.0. The third-order valence-electron chi connectivity index (χ3n) is 5.72. The van der Waals surface area contributed by atoms with E-state index in [1.165, 1.54) is 24.5 Å². The predicted octanol–water partition coefficient (Wildman–Crippen LogP) is 2.01. The monoisotopic (exact) mass is 443 g/mol. The molecular formula is C21H29N7O2S. The van der Waals surface area contributed by atoms with Gasteiger partial charge < -0.3 is 9.47 Å². The summed E-state index contributed by atoms with van der Waals surface area (Å²) in [6.45, 7) is 6.32. The molecule has 0 unspecified atom stereocenters. The fourth-order valence-corrected chi connectivity index (χ4v) is 5.02. The molecule has 0 amide bonds. The van der Waals surface area contributed by atoms with Gasteiger partial charge in [-0.15, -0.1) is 0 Å². The van der Waals surface area contributed by atoms with E-state index in [-0.39, 0.29) is 11.2 Å². The first-order valence-corrected chi connectivity index (χ1v) is 11.7. The summed E-state index contributed by atoms with van der Waals surface area (Å²) in [5.74, 6) is 1.47. The minimum absolute atomic E-state index is 0.306. The van der Waals surface area contributed by atoms with Crippen molar-refractivity contribution in [3.8, 4) is 0 Å². The van der Waals surface area contributed by atoms with Crippen LogP contribution in [-0.2, 0) is 20.6 Å². The second-order valence-electron chi connectivity index (χ2n) is 8.12. The van der Waals surface area contributed by atoms with E-state index in [1.54, 1.807) is 18.8 Å². The molecule has 10 heteroatoms. The lowest BCUT2D eigenvalue weighted by molar-refractivity contribution is 0.691. The summed E-state index contributed by atoms with van der Waals surface area (Å²) in [6.07, 6.45) is 4.62. The van der Waals surface area contributed by atoms with Crippen LogP contribution in [0.4, 0.5) is 5.95 Å². The predicted molar refractivity (Wildman–Crippen MR) is 123 cm³/mol. The molecule has 3 aromatic rings. The van der Waals surface area contributed by atoms with E-state index in [4.69, 9.17) is 4.98 Å². The van der Waals surface area contributed by atoms with Gasteiger partial charge in [0, 0.05) is 50.9 Å². The van der Waals surface area contributed by atoms with Crippen LogP contribution in [0.3, 0.4) is 0 Å². The van der Waals surface area contributed by atoms with Crippen molar-refractivity contribution in [3.05, 3.63) is 38.3 Å². The van der Waals surface area contributed by atoms with Crippen molar-refractivity contribution >= 4 is 28.9 Å². The van der Waals surface area contributed by atoms with Crippen molar-refractivity contribution in [1.29, 1.82) is 0 Å². The Morgan fingerprint density at radius 1 is 0.935 bits per heavy atom. The van der Waals surface area contributed by atoms with Gasteiger partial charge >= 0.3 is 5.69 Å². The highest BCUT2D eigenvalue weighted by molar-refractivity contribution is 7.99. The van der Waals surface area contributed by atoms with Gasteiger partial charge in [0.1, 0.15) is 0 Å². The molecule has 0 aromatic carbocycles. The first-order chi connectivity index (χ1) is 14.9. The minimum Gasteiger partial charge on any atom is -0.342 e. The topological polar surface area (TPSA) is 90.8 Å². The average Bonchev–Trinajstić information content (AvgIpc) is 2.90. The lowest BCUT2D eigenvalue weighted by Gasteiger charge is -2.22. The summed E-state index contributed by atoms with van der Waals surface area (Å²) in [5, 5.41) is 0.735. The molecule has 1 aliphatic rings. The summed E-state index contributed by atoms with van der Waals surface area (Å²) in [5.41, 5.74) is 2.14. The normalized spacial score (nSPS) is 14.9. The molecule has 0 N–H and O–H groups in total. The maximum Gasteiger partial charge on any atom is 0.332 e. The number of hydrogen-bond donors (Lipinski definition) is 0. The smallest absolute Gasteiger partial charge is 0.332 e. The molecule has 0 aliphatic carbocycles. The lowest BCUT2D eigenvalue weighted by atomic mass is 10.2. The van der Waals surface area contributed by atoms with Gasteiger partial charge in [0.15, 0.2) is 16.3 Å². The van der Waals surface area contributed by atoms with E-state index < -0.39 is 0 Å². The molecule has 4 heterocycles. The first-order valence-electron chi connectivity index (χ1n) is 10.7. The van der Waals surface area contributed by atoms with Gasteiger partial charge in [-0.1, -0.05) is 24.6 Å². The zero-order chi connectivity index (χ0) is 22.1. The van der Waals surface area contributed by atoms with Crippen LogP contribution in [0, 0.1) is 13.8 Å². The first kappa shape index (κ1) is 21.6. The number of nitrogens with zero attached hydrogens (tertiary/aromatic N) is 7. The molecule has 0 bridgehead atoms. The average molecular weight is 444 g/mol. The molecule has 166 valence electrons. The van der Waals surface area contributed by atoms with Crippen molar-refractivity contribution in [2.24, 2.45) is 14.1 Å². The molecule has 0 radical (unpaired) electrons. The quantitative estimate of drug-likeness (QED) is 0.440. The van der Waals surface area contributed by atoms with E-state index >= 15 is 0 Å². The second-order valence-corrected chi connectivity index (χ2v) is 9.19. The van der Waals surface area contributed by atoms with E-state index in [0.29, 0.717) is 23.5 Å². The van der Waals surface area contributed by atoms with Gasteiger partial charge in [-0.05, 0) is 32.8 Å². The number of aryl methyl sites for hydroxylation is 4. The van der Waals surface area contributed by atoms with Crippen molar-refractivity contribution in [1.82, 2.24) is 28.7 Å². The third kappa shape index (κ3) is 4.26. The molecule has 31 heavy (non-hydrogen) atoms. The van der Waals surface area contributed by atoms with Gasteiger partial charge in [-0.3, -0.25) is 13.9 Å². The van der Waals surface area contributed by atoms with Crippen molar-refractivity contribution in [3.63, 3.8) is 0 Å². The van der Waals surface area contributed by atoms with Gasteiger partial charge in [0.05, 0.1) is 0 Å². The molecule has 3 aromatic heterocycles. The molecule has 0 atom stereocenters. The summed E-state index contributed by atoms with van der Waals surface area (Å²) >= 11 is 1.57. The van der Waals surface area contributed by atoms with E-state index in [0.717, 1.165) is 53.0 Å². The van der Waals surface area contributed by atoms with Gasteiger partial charge in [0.2, 0.25) is 5.95 Å². The zero-order valence-electron chi connectivity index (χ0n) is 18.6. The van der Waals surface area contributed by atoms with Crippen LogP contribution < -0.4 is 16.1 Å². The van der Waals surface area contributed by atoms with E-state index in [2.05, 4.69) is 14.9 Å². The Morgan fingerprint density at radius 3 is 2.23 bits per heavy atom. The third-order valence-corrected chi connectivity index (χ3v) is 6.55. The van der Waals surface area contributed by atoms with Crippen molar-refractivity contribution in [2.75, 3.05) is 23.7 Å². The Bertz CT molecular complexity index is 1200.